The fourth-order valence-electron chi connectivity index (χ4n) is 3.36. The van der Waals surface area contributed by atoms with Crippen molar-refractivity contribution in [2.45, 2.75) is 6.67 Å². The summed E-state index contributed by atoms with van der Waals surface area (Å²) in [5.41, 5.74) is 3.50. The minimum absolute atomic E-state index is 0.214. The minimum Gasteiger partial charge on any atom is -0.321 e. The topological polar surface area (TPSA) is 126 Å². The van der Waals surface area contributed by atoms with Crippen LogP contribution < -0.4 is 14.3 Å². The Morgan fingerprint density at radius 1 is 0.800 bits per heavy atom. The van der Waals surface area contributed by atoms with Crippen molar-refractivity contribution in [3.05, 3.63) is 70.7 Å². The Balaban J connectivity index is 1.73. The molecule has 184 valence electrons. The predicted octanol–water partition coefficient (Wildman–Crippen LogP) is 4.28. The number of aromatic nitrogens is 3. The van der Waals surface area contributed by atoms with Gasteiger partial charge in [0.05, 0.1) is 28.1 Å². The summed E-state index contributed by atoms with van der Waals surface area (Å²) in [5, 5.41) is 9.11. The van der Waals surface area contributed by atoms with Gasteiger partial charge in [-0.25, -0.2) is 21.5 Å². The first-order valence-corrected chi connectivity index (χ1v) is 14.5. The van der Waals surface area contributed by atoms with Gasteiger partial charge in [0.2, 0.25) is 20.0 Å². The van der Waals surface area contributed by atoms with E-state index in [9.17, 15) is 16.8 Å². The highest BCUT2D eigenvalue weighted by molar-refractivity contribution is 7.92. The summed E-state index contributed by atoms with van der Waals surface area (Å²) in [6.45, 7) is 0.214. The lowest BCUT2D eigenvalue weighted by Gasteiger charge is -2.25. The van der Waals surface area contributed by atoms with Crippen molar-refractivity contribution in [3.63, 3.8) is 0 Å². The molecule has 0 atom stereocenters. The van der Waals surface area contributed by atoms with E-state index in [4.69, 9.17) is 23.2 Å². The van der Waals surface area contributed by atoms with E-state index < -0.39 is 20.0 Å². The lowest BCUT2D eigenvalue weighted by molar-refractivity contribution is 0.605. The zero-order chi connectivity index (χ0) is 25.4. The molecule has 4 aromatic rings. The number of nitrogens with one attached hydrogen (secondary N) is 2. The summed E-state index contributed by atoms with van der Waals surface area (Å²) in [6.07, 6.45) is 2.15. The van der Waals surface area contributed by atoms with E-state index >= 15 is 0 Å². The molecular weight excluding hydrogens is 535 g/mol. The van der Waals surface area contributed by atoms with Crippen molar-refractivity contribution in [1.82, 2.24) is 15.0 Å². The van der Waals surface area contributed by atoms with Crippen molar-refractivity contribution in [3.8, 4) is 0 Å². The highest BCUT2D eigenvalue weighted by Crippen LogP contribution is 2.31. The molecule has 0 radical (unpaired) electrons. The van der Waals surface area contributed by atoms with Gasteiger partial charge >= 0.3 is 0 Å². The van der Waals surface area contributed by atoms with E-state index in [2.05, 4.69) is 19.8 Å². The summed E-state index contributed by atoms with van der Waals surface area (Å²) in [4.78, 5) is 1.89. The van der Waals surface area contributed by atoms with Crippen LogP contribution in [0, 0.1) is 0 Å². The van der Waals surface area contributed by atoms with Gasteiger partial charge in [0.25, 0.3) is 0 Å². The molecule has 3 aromatic carbocycles. The summed E-state index contributed by atoms with van der Waals surface area (Å²) in [7, 11) is -6.84. The van der Waals surface area contributed by atoms with Gasteiger partial charge in [-0.15, -0.1) is 5.10 Å². The molecule has 0 aliphatic heterocycles. The number of benzene rings is 3. The molecule has 1 heterocycles. The fourth-order valence-corrected chi connectivity index (χ4v) is 4.81. The van der Waals surface area contributed by atoms with Crippen molar-refractivity contribution < 1.29 is 16.8 Å². The molecule has 0 saturated carbocycles. The van der Waals surface area contributed by atoms with Crippen LogP contribution in [0.25, 0.3) is 11.0 Å². The van der Waals surface area contributed by atoms with Crippen LogP contribution in [-0.2, 0) is 26.7 Å². The molecule has 0 amide bonds. The lowest BCUT2D eigenvalue weighted by Crippen LogP contribution is -2.22. The van der Waals surface area contributed by atoms with Gasteiger partial charge in [-0.2, -0.15) is 0 Å². The quantitative estimate of drug-likeness (QED) is 0.332. The fraction of sp³-hybridized carbons (Fsp3) is 0.143. The Bertz CT molecular complexity index is 1510. The smallest absolute Gasteiger partial charge is 0.229 e. The monoisotopic (exact) mass is 554 g/mol. The SMILES string of the molecule is CS(=O)(=O)Nc1ccc(N(Cn2nnc3cc(Cl)c(Cl)cc32)c2ccc(NS(C)(=O)=O)cc2)cc1. The molecule has 14 heteroatoms. The van der Waals surface area contributed by atoms with Crippen LogP contribution in [-0.4, -0.2) is 44.3 Å². The molecule has 35 heavy (non-hydrogen) atoms. The number of hydrogen-bond acceptors (Lipinski definition) is 7. The van der Waals surface area contributed by atoms with Crippen LogP contribution in [0.2, 0.25) is 10.0 Å². The summed E-state index contributed by atoms with van der Waals surface area (Å²) in [6, 6.07) is 16.9. The zero-order valence-corrected chi connectivity index (χ0v) is 21.6. The van der Waals surface area contributed by atoms with E-state index in [0.29, 0.717) is 32.5 Å². The Morgan fingerprint density at radius 2 is 1.26 bits per heavy atom. The Labute approximate surface area is 212 Å². The van der Waals surface area contributed by atoms with Gasteiger partial charge in [-0.1, -0.05) is 28.4 Å². The maximum absolute atomic E-state index is 11.6. The summed E-state index contributed by atoms with van der Waals surface area (Å²) < 4.78 is 52.7. The number of sulfonamides is 2. The lowest BCUT2D eigenvalue weighted by atomic mass is 10.2. The third-order valence-corrected chi connectivity index (χ3v) is 6.73. The molecule has 0 spiro atoms. The molecule has 2 N–H and O–H groups in total. The normalized spacial score (nSPS) is 12.0. The summed E-state index contributed by atoms with van der Waals surface area (Å²) in [5.74, 6) is 0. The molecule has 0 fully saturated rings. The van der Waals surface area contributed by atoms with E-state index in [1.807, 2.05) is 4.90 Å². The molecule has 0 aliphatic carbocycles. The molecule has 0 bridgehead atoms. The highest BCUT2D eigenvalue weighted by atomic mass is 35.5. The zero-order valence-electron chi connectivity index (χ0n) is 18.5. The van der Waals surface area contributed by atoms with Gasteiger partial charge in [0.1, 0.15) is 12.2 Å². The van der Waals surface area contributed by atoms with Crippen molar-refractivity contribution in [2.75, 3.05) is 26.9 Å². The van der Waals surface area contributed by atoms with E-state index in [1.54, 1.807) is 65.3 Å². The Morgan fingerprint density at radius 3 is 1.71 bits per heavy atom. The van der Waals surface area contributed by atoms with Crippen LogP contribution in [0.4, 0.5) is 22.7 Å². The van der Waals surface area contributed by atoms with Crippen molar-refractivity contribution in [2.24, 2.45) is 0 Å². The van der Waals surface area contributed by atoms with Crippen molar-refractivity contribution >= 4 is 77.0 Å². The molecule has 0 aliphatic rings. The number of anilines is 4. The average molecular weight is 555 g/mol. The van der Waals surface area contributed by atoms with E-state index in [0.717, 1.165) is 23.9 Å². The number of hydrogen-bond donors (Lipinski definition) is 2. The molecule has 0 unspecified atom stereocenters. The first-order chi connectivity index (χ1) is 16.4. The second-order valence-corrected chi connectivity index (χ2v) is 12.1. The number of nitrogens with zero attached hydrogens (tertiary/aromatic N) is 4. The van der Waals surface area contributed by atoms with Crippen LogP contribution in [0.3, 0.4) is 0 Å². The third-order valence-electron chi connectivity index (χ3n) is 4.80. The molecule has 1 aromatic heterocycles. The first kappa shape index (κ1) is 25.0. The van der Waals surface area contributed by atoms with Crippen LogP contribution in [0.5, 0.6) is 0 Å². The van der Waals surface area contributed by atoms with E-state index in [1.165, 1.54) is 0 Å². The Hall–Kier alpha value is -3.06. The van der Waals surface area contributed by atoms with Crippen molar-refractivity contribution in [1.29, 1.82) is 0 Å². The second-order valence-electron chi connectivity index (χ2n) is 7.76. The minimum atomic E-state index is -3.42. The first-order valence-electron chi connectivity index (χ1n) is 9.99. The molecule has 0 saturated heterocycles. The van der Waals surface area contributed by atoms with Gasteiger partial charge < -0.3 is 4.90 Å². The maximum Gasteiger partial charge on any atom is 0.229 e. The van der Waals surface area contributed by atoms with E-state index in [-0.39, 0.29) is 6.67 Å². The van der Waals surface area contributed by atoms with Crippen LogP contribution >= 0.6 is 23.2 Å². The third kappa shape index (κ3) is 6.34. The second kappa shape index (κ2) is 9.53. The highest BCUT2D eigenvalue weighted by Gasteiger charge is 2.16. The maximum atomic E-state index is 11.6. The number of fused-ring (bicyclic) bond motifs is 1. The van der Waals surface area contributed by atoms with Gasteiger partial charge in [0.15, 0.2) is 0 Å². The van der Waals surface area contributed by atoms with Crippen LogP contribution in [0.15, 0.2) is 60.7 Å². The van der Waals surface area contributed by atoms with Gasteiger partial charge in [-0.05, 0) is 60.7 Å². The Kier molecular flexibility index (Phi) is 6.82. The van der Waals surface area contributed by atoms with Gasteiger partial charge in [0, 0.05) is 22.7 Å². The molecule has 4 rings (SSSR count). The molecule has 10 nitrogen and oxygen atoms in total. The standard InChI is InChI=1S/C21H20Cl2N6O4S2/c1-34(30,31)25-14-3-7-16(8-4-14)28(17-9-5-15(6-10-17)26-35(2,32)33)13-29-21-12-19(23)18(22)11-20(21)24-27-29/h3-12,25-26H,13H2,1-2H3. The van der Waals surface area contributed by atoms with Crippen LogP contribution in [0.1, 0.15) is 0 Å². The average Bonchev–Trinajstić information content (AvgIpc) is 3.13. The largest absolute Gasteiger partial charge is 0.321 e. The van der Waals surface area contributed by atoms with Gasteiger partial charge in [-0.3, -0.25) is 9.44 Å². The number of rotatable bonds is 8. The summed E-state index contributed by atoms with van der Waals surface area (Å²) >= 11 is 12.3. The number of halogens is 2. The molecular formula is C21H20Cl2N6O4S2. The predicted molar refractivity (Wildman–Crippen MR) is 140 cm³/mol.